The molecule has 1 aromatic carbocycles. The van der Waals surface area contributed by atoms with Crippen LogP contribution in [0, 0.1) is 0 Å². The minimum atomic E-state index is -3.13. The minimum Gasteiger partial charge on any atom is -0.308 e. The number of sulfone groups is 1. The van der Waals surface area contributed by atoms with Gasteiger partial charge in [-0.15, -0.1) is 10.2 Å². The number of benzene rings is 1. The van der Waals surface area contributed by atoms with Crippen LogP contribution in [0.1, 0.15) is 32.6 Å². The Morgan fingerprint density at radius 1 is 1.06 bits per heavy atom. The lowest BCUT2D eigenvalue weighted by atomic mass is 10.2. The van der Waals surface area contributed by atoms with Gasteiger partial charge in [-0.05, 0) is 31.4 Å². The molecule has 31 heavy (non-hydrogen) atoms. The Morgan fingerprint density at radius 2 is 1.81 bits per heavy atom. The number of hydrogen-bond acceptors (Lipinski definition) is 8. The highest BCUT2D eigenvalue weighted by molar-refractivity contribution is 8.01. The van der Waals surface area contributed by atoms with Crippen molar-refractivity contribution in [1.82, 2.24) is 10.2 Å². The normalized spacial score (nSPS) is 19.8. The molecule has 0 spiro atoms. The highest BCUT2D eigenvalue weighted by atomic mass is 32.2. The molecule has 1 aliphatic carbocycles. The number of hydrogen-bond donors (Lipinski definition) is 0. The average molecular weight is 481 g/mol. The van der Waals surface area contributed by atoms with Gasteiger partial charge in [0.25, 0.3) is 0 Å². The van der Waals surface area contributed by atoms with Crippen molar-refractivity contribution < 1.29 is 18.0 Å². The van der Waals surface area contributed by atoms with E-state index in [9.17, 15) is 18.0 Å². The number of rotatable bonds is 8. The van der Waals surface area contributed by atoms with Crippen LogP contribution in [0.3, 0.4) is 0 Å². The Kier molecular flexibility index (Phi) is 6.63. The Bertz CT molecular complexity index is 1050. The number of carbonyl (C=O) groups is 2. The number of nitrogens with zero attached hydrogens (tertiary/aromatic N) is 4. The van der Waals surface area contributed by atoms with Gasteiger partial charge >= 0.3 is 0 Å². The van der Waals surface area contributed by atoms with Crippen LogP contribution in [0.25, 0.3) is 0 Å². The molecule has 0 unspecified atom stereocenters. The SMILES string of the molecule is CCC(=O)N(c1nnc(SCC(=O)N(c2ccccc2)[C@@H]2CCS(=O)(=O)C2)s1)C1CC1. The number of anilines is 2. The average Bonchev–Trinajstić information content (AvgIpc) is 3.37. The minimum absolute atomic E-state index is 0.0171. The predicted molar refractivity (Wildman–Crippen MR) is 122 cm³/mol. The zero-order chi connectivity index (χ0) is 22.0. The van der Waals surface area contributed by atoms with E-state index in [-0.39, 0.29) is 41.2 Å². The first-order chi connectivity index (χ1) is 14.9. The lowest BCUT2D eigenvalue weighted by Crippen LogP contribution is -2.42. The molecule has 4 rings (SSSR count). The molecule has 1 aromatic heterocycles. The molecule has 1 saturated heterocycles. The van der Waals surface area contributed by atoms with Gasteiger partial charge in [0.1, 0.15) is 0 Å². The van der Waals surface area contributed by atoms with Crippen molar-refractivity contribution in [3.8, 4) is 0 Å². The van der Waals surface area contributed by atoms with Crippen LogP contribution < -0.4 is 9.80 Å². The summed E-state index contributed by atoms with van der Waals surface area (Å²) in [5, 5.41) is 8.91. The molecule has 2 fully saturated rings. The fourth-order valence-electron chi connectivity index (χ4n) is 3.65. The maximum Gasteiger partial charge on any atom is 0.237 e. The summed E-state index contributed by atoms with van der Waals surface area (Å²) < 4.78 is 24.6. The summed E-state index contributed by atoms with van der Waals surface area (Å²) in [6.45, 7) is 1.83. The van der Waals surface area contributed by atoms with Crippen molar-refractivity contribution in [2.24, 2.45) is 0 Å². The Balaban J connectivity index is 1.46. The van der Waals surface area contributed by atoms with E-state index in [1.165, 1.54) is 23.1 Å². The van der Waals surface area contributed by atoms with Crippen LogP contribution in [0.4, 0.5) is 10.8 Å². The van der Waals surface area contributed by atoms with Gasteiger partial charge in [-0.3, -0.25) is 14.5 Å². The maximum atomic E-state index is 13.1. The van der Waals surface area contributed by atoms with Crippen LogP contribution in [0.5, 0.6) is 0 Å². The van der Waals surface area contributed by atoms with Crippen LogP contribution in [-0.2, 0) is 19.4 Å². The lowest BCUT2D eigenvalue weighted by Gasteiger charge is -2.28. The van der Waals surface area contributed by atoms with Crippen molar-refractivity contribution in [2.45, 2.75) is 49.0 Å². The standard InChI is InChI=1S/C20H24N4O4S3/c1-2-17(25)24(15-8-9-15)19-21-22-20(30-19)29-12-18(26)23(14-6-4-3-5-7-14)16-10-11-31(27,28)13-16/h3-7,15-16H,2,8-13H2,1H3/t16-/m1/s1. The molecular formula is C20H24N4O4S3. The van der Waals surface area contributed by atoms with Crippen LogP contribution in [0.15, 0.2) is 34.7 Å². The molecule has 0 N–H and O–H groups in total. The third-order valence-electron chi connectivity index (χ3n) is 5.28. The van der Waals surface area contributed by atoms with Gasteiger partial charge in [-0.25, -0.2) is 8.42 Å². The topological polar surface area (TPSA) is 101 Å². The number of aromatic nitrogens is 2. The predicted octanol–water partition coefficient (Wildman–Crippen LogP) is 2.76. The Labute approximate surface area is 189 Å². The third-order valence-corrected chi connectivity index (χ3v) is 9.07. The van der Waals surface area contributed by atoms with Crippen LogP contribution in [-0.4, -0.2) is 59.8 Å². The number of para-hydroxylation sites is 1. The van der Waals surface area contributed by atoms with Crippen LogP contribution in [0.2, 0.25) is 0 Å². The molecule has 0 radical (unpaired) electrons. The first kappa shape index (κ1) is 22.2. The third kappa shape index (κ3) is 5.27. The van der Waals surface area contributed by atoms with E-state index in [0.717, 1.165) is 12.8 Å². The van der Waals surface area contributed by atoms with Gasteiger partial charge in [0.2, 0.25) is 16.9 Å². The highest BCUT2D eigenvalue weighted by Gasteiger charge is 2.36. The first-order valence-electron chi connectivity index (χ1n) is 10.2. The smallest absolute Gasteiger partial charge is 0.237 e. The maximum absolute atomic E-state index is 13.1. The fraction of sp³-hybridized carbons (Fsp3) is 0.500. The summed E-state index contributed by atoms with van der Waals surface area (Å²) in [5.74, 6) is 0.0636. The highest BCUT2D eigenvalue weighted by Crippen LogP contribution is 2.36. The van der Waals surface area contributed by atoms with Gasteiger partial charge < -0.3 is 4.90 Å². The molecule has 2 heterocycles. The van der Waals surface area contributed by atoms with E-state index in [2.05, 4.69) is 10.2 Å². The molecule has 8 nitrogen and oxygen atoms in total. The van der Waals surface area contributed by atoms with Gasteiger partial charge in [0, 0.05) is 18.2 Å². The van der Waals surface area contributed by atoms with Crippen molar-refractivity contribution >= 4 is 55.6 Å². The van der Waals surface area contributed by atoms with Gasteiger partial charge in [-0.2, -0.15) is 0 Å². The Morgan fingerprint density at radius 3 is 2.42 bits per heavy atom. The number of thioether (sulfide) groups is 1. The zero-order valence-corrected chi connectivity index (χ0v) is 19.6. The molecule has 166 valence electrons. The summed E-state index contributed by atoms with van der Waals surface area (Å²) in [6, 6.07) is 9.01. The largest absolute Gasteiger partial charge is 0.308 e. The molecule has 1 atom stereocenters. The van der Waals surface area contributed by atoms with Gasteiger partial charge in [0.05, 0.1) is 23.3 Å². The lowest BCUT2D eigenvalue weighted by molar-refractivity contribution is -0.118. The molecule has 11 heteroatoms. The second-order valence-electron chi connectivity index (χ2n) is 7.64. The molecule has 1 aliphatic heterocycles. The molecule has 0 bridgehead atoms. The second kappa shape index (κ2) is 9.25. The van der Waals surface area contributed by atoms with Crippen LogP contribution >= 0.6 is 23.1 Å². The number of amides is 2. The van der Waals surface area contributed by atoms with E-state index in [1.807, 2.05) is 37.3 Å². The molecule has 2 amide bonds. The van der Waals surface area contributed by atoms with Crippen molar-refractivity contribution in [1.29, 1.82) is 0 Å². The van der Waals surface area contributed by atoms with Gasteiger partial charge in [0.15, 0.2) is 14.2 Å². The molecule has 2 aromatic rings. The van der Waals surface area contributed by atoms with Gasteiger partial charge in [-0.1, -0.05) is 48.2 Å². The fourth-order valence-corrected chi connectivity index (χ4v) is 7.14. The monoisotopic (exact) mass is 480 g/mol. The summed E-state index contributed by atoms with van der Waals surface area (Å²) >= 11 is 2.58. The van der Waals surface area contributed by atoms with E-state index >= 15 is 0 Å². The summed E-state index contributed by atoms with van der Waals surface area (Å²) in [5.41, 5.74) is 0.696. The summed E-state index contributed by atoms with van der Waals surface area (Å²) in [4.78, 5) is 28.7. The number of carbonyl (C=O) groups excluding carboxylic acids is 2. The zero-order valence-electron chi connectivity index (χ0n) is 17.1. The van der Waals surface area contributed by atoms with Crippen molar-refractivity contribution in [3.05, 3.63) is 30.3 Å². The van der Waals surface area contributed by atoms with Crippen molar-refractivity contribution in [2.75, 3.05) is 27.1 Å². The second-order valence-corrected chi connectivity index (χ2v) is 12.1. The molecular weight excluding hydrogens is 456 g/mol. The van der Waals surface area contributed by atoms with E-state index in [4.69, 9.17) is 0 Å². The summed E-state index contributed by atoms with van der Waals surface area (Å²) in [6.07, 6.45) is 2.80. The van der Waals surface area contributed by atoms with E-state index in [1.54, 1.807) is 9.80 Å². The molecule has 2 aliphatic rings. The quantitative estimate of drug-likeness (QED) is 0.423. The summed E-state index contributed by atoms with van der Waals surface area (Å²) in [7, 11) is -3.13. The Hall–Kier alpha value is -1.98. The van der Waals surface area contributed by atoms with E-state index < -0.39 is 9.84 Å². The van der Waals surface area contributed by atoms with Crippen molar-refractivity contribution in [3.63, 3.8) is 0 Å². The molecule has 1 saturated carbocycles. The van der Waals surface area contributed by atoms with E-state index in [0.29, 0.717) is 28.0 Å². The first-order valence-corrected chi connectivity index (χ1v) is 13.9.